The van der Waals surface area contributed by atoms with Crippen molar-refractivity contribution in [3.05, 3.63) is 17.7 Å². The molecule has 2 aliphatic rings. The van der Waals surface area contributed by atoms with E-state index in [2.05, 4.69) is 28.3 Å². The molecule has 0 aliphatic carbocycles. The minimum Gasteiger partial charge on any atom is -0.381 e. The first-order valence-electron chi connectivity index (χ1n) is 8.94. The van der Waals surface area contributed by atoms with Crippen LogP contribution in [0.2, 0.25) is 0 Å². The van der Waals surface area contributed by atoms with Crippen molar-refractivity contribution in [2.45, 2.75) is 57.5 Å². The van der Waals surface area contributed by atoms with Gasteiger partial charge in [0.05, 0.1) is 5.69 Å². The van der Waals surface area contributed by atoms with Crippen LogP contribution in [-0.2, 0) is 17.7 Å². The number of nitrogens with one attached hydrogen (secondary N) is 2. The summed E-state index contributed by atoms with van der Waals surface area (Å²) in [6.45, 7) is 8.32. The van der Waals surface area contributed by atoms with E-state index < -0.39 is 0 Å². The Labute approximate surface area is 133 Å². The van der Waals surface area contributed by atoms with E-state index in [-0.39, 0.29) is 0 Å². The molecule has 5 nitrogen and oxygen atoms in total. The second-order valence-electron chi connectivity index (χ2n) is 6.50. The molecule has 2 fully saturated rings. The van der Waals surface area contributed by atoms with Crippen LogP contribution in [0.25, 0.3) is 0 Å². The van der Waals surface area contributed by atoms with E-state index in [1.54, 1.807) is 0 Å². The Hall–Kier alpha value is -0.910. The van der Waals surface area contributed by atoms with Crippen molar-refractivity contribution < 1.29 is 4.74 Å². The van der Waals surface area contributed by atoms with Crippen LogP contribution in [0.5, 0.6) is 0 Å². The summed E-state index contributed by atoms with van der Waals surface area (Å²) >= 11 is 0. The molecule has 2 saturated heterocycles. The van der Waals surface area contributed by atoms with Crippen molar-refractivity contribution in [2.75, 3.05) is 32.8 Å². The molecule has 0 saturated carbocycles. The standard InChI is InChI=1S/C17H30N4O/c1-2-15-13-21(10-9-19-16-5-11-22-12-6-16)17(20-15)14-3-7-18-8-4-14/h13-14,16,18-19H,2-12H2,1H3. The number of rotatable bonds is 6. The van der Waals surface area contributed by atoms with Crippen LogP contribution in [0.1, 0.15) is 50.0 Å². The molecule has 3 heterocycles. The van der Waals surface area contributed by atoms with E-state index in [9.17, 15) is 0 Å². The predicted octanol–water partition coefficient (Wildman–Crippen LogP) is 1.68. The van der Waals surface area contributed by atoms with E-state index in [0.717, 1.165) is 58.7 Å². The normalized spacial score (nSPS) is 21.3. The molecular formula is C17H30N4O. The molecule has 2 N–H and O–H groups in total. The minimum atomic E-state index is 0.629. The monoisotopic (exact) mass is 306 g/mol. The van der Waals surface area contributed by atoms with Crippen LogP contribution in [-0.4, -0.2) is 48.4 Å². The van der Waals surface area contributed by atoms with Gasteiger partial charge in [-0.25, -0.2) is 4.98 Å². The molecule has 1 aromatic heterocycles. The van der Waals surface area contributed by atoms with Gasteiger partial charge >= 0.3 is 0 Å². The Kier molecular flexibility index (Phi) is 5.87. The Balaban J connectivity index is 1.57. The highest BCUT2D eigenvalue weighted by Crippen LogP contribution is 2.24. The van der Waals surface area contributed by atoms with Crippen molar-refractivity contribution in [3.8, 4) is 0 Å². The molecule has 3 rings (SSSR count). The van der Waals surface area contributed by atoms with Gasteiger partial charge in [0.1, 0.15) is 5.82 Å². The van der Waals surface area contributed by atoms with Gasteiger partial charge in [-0.1, -0.05) is 6.92 Å². The molecule has 0 aromatic carbocycles. The molecule has 0 spiro atoms. The largest absolute Gasteiger partial charge is 0.381 e. The van der Waals surface area contributed by atoms with Crippen LogP contribution in [0, 0.1) is 0 Å². The molecule has 1 aromatic rings. The van der Waals surface area contributed by atoms with E-state index in [4.69, 9.17) is 9.72 Å². The summed E-state index contributed by atoms with van der Waals surface area (Å²) in [4.78, 5) is 4.91. The summed E-state index contributed by atoms with van der Waals surface area (Å²) in [6.07, 6.45) is 8.01. The van der Waals surface area contributed by atoms with E-state index >= 15 is 0 Å². The van der Waals surface area contributed by atoms with Crippen molar-refractivity contribution in [2.24, 2.45) is 0 Å². The van der Waals surface area contributed by atoms with Crippen LogP contribution in [0.3, 0.4) is 0 Å². The zero-order valence-corrected chi connectivity index (χ0v) is 13.8. The molecule has 0 amide bonds. The average Bonchev–Trinajstić information content (AvgIpc) is 3.00. The topological polar surface area (TPSA) is 51.1 Å². The molecule has 2 aliphatic heterocycles. The summed E-state index contributed by atoms with van der Waals surface area (Å²) in [5.41, 5.74) is 1.24. The fourth-order valence-corrected chi connectivity index (χ4v) is 3.53. The first-order valence-corrected chi connectivity index (χ1v) is 8.94. The van der Waals surface area contributed by atoms with Gasteiger partial charge in [0.25, 0.3) is 0 Å². The van der Waals surface area contributed by atoms with Gasteiger partial charge in [-0.05, 0) is 45.2 Å². The van der Waals surface area contributed by atoms with Gasteiger partial charge < -0.3 is 19.9 Å². The molecule has 124 valence electrons. The predicted molar refractivity (Wildman–Crippen MR) is 88.3 cm³/mol. The Morgan fingerprint density at radius 3 is 2.77 bits per heavy atom. The summed E-state index contributed by atoms with van der Waals surface area (Å²) < 4.78 is 7.82. The number of hydrogen-bond acceptors (Lipinski definition) is 4. The zero-order valence-electron chi connectivity index (χ0n) is 13.8. The van der Waals surface area contributed by atoms with Crippen LogP contribution in [0.15, 0.2) is 6.20 Å². The third-order valence-corrected chi connectivity index (χ3v) is 4.93. The summed E-state index contributed by atoms with van der Waals surface area (Å²) in [5, 5.41) is 7.14. The van der Waals surface area contributed by atoms with Gasteiger partial charge in [0.15, 0.2) is 0 Å². The Morgan fingerprint density at radius 1 is 1.27 bits per heavy atom. The average molecular weight is 306 g/mol. The molecule has 0 unspecified atom stereocenters. The number of imidazole rings is 1. The molecule has 5 heteroatoms. The van der Waals surface area contributed by atoms with E-state index in [1.165, 1.54) is 24.4 Å². The van der Waals surface area contributed by atoms with Crippen LogP contribution in [0.4, 0.5) is 0 Å². The van der Waals surface area contributed by atoms with Gasteiger partial charge in [-0.2, -0.15) is 0 Å². The summed E-state index contributed by atoms with van der Waals surface area (Å²) in [7, 11) is 0. The quantitative estimate of drug-likeness (QED) is 0.839. The first-order chi connectivity index (χ1) is 10.9. The third-order valence-electron chi connectivity index (χ3n) is 4.93. The summed E-state index contributed by atoms with van der Waals surface area (Å²) in [6, 6.07) is 0.630. The van der Waals surface area contributed by atoms with Gasteiger partial charge in [-0.15, -0.1) is 0 Å². The highest BCUT2D eigenvalue weighted by atomic mass is 16.5. The highest BCUT2D eigenvalue weighted by Gasteiger charge is 2.21. The number of hydrogen-bond donors (Lipinski definition) is 2. The van der Waals surface area contributed by atoms with Crippen LogP contribution >= 0.6 is 0 Å². The maximum absolute atomic E-state index is 5.42. The van der Waals surface area contributed by atoms with Gasteiger partial charge in [0.2, 0.25) is 0 Å². The lowest BCUT2D eigenvalue weighted by Gasteiger charge is -2.25. The van der Waals surface area contributed by atoms with E-state index in [1.807, 2.05) is 0 Å². The molecular weight excluding hydrogens is 276 g/mol. The van der Waals surface area contributed by atoms with Gasteiger partial charge in [-0.3, -0.25) is 0 Å². The number of nitrogens with zero attached hydrogens (tertiary/aromatic N) is 2. The lowest BCUT2D eigenvalue weighted by atomic mass is 9.97. The lowest BCUT2D eigenvalue weighted by molar-refractivity contribution is 0.0778. The van der Waals surface area contributed by atoms with Crippen molar-refractivity contribution in [1.82, 2.24) is 20.2 Å². The zero-order chi connectivity index (χ0) is 15.2. The third kappa shape index (κ3) is 4.09. The van der Waals surface area contributed by atoms with Gasteiger partial charge in [0, 0.05) is 44.5 Å². The number of aromatic nitrogens is 2. The smallest absolute Gasteiger partial charge is 0.112 e. The van der Waals surface area contributed by atoms with Crippen LogP contribution < -0.4 is 10.6 Å². The van der Waals surface area contributed by atoms with Crippen molar-refractivity contribution in [1.29, 1.82) is 0 Å². The second-order valence-corrected chi connectivity index (χ2v) is 6.50. The number of piperidine rings is 1. The second kappa shape index (κ2) is 8.09. The molecule has 0 bridgehead atoms. The fourth-order valence-electron chi connectivity index (χ4n) is 3.53. The lowest BCUT2D eigenvalue weighted by Crippen LogP contribution is -2.36. The number of ether oxygens (including phenoxy) is 1. The van der Waals surface area contributed by atoms with Crippen molar-refractivity contribution >= 4 is 0 Å². The fraction of sp³-hybridized carbons (Fsp3) is 0.824. The first kappa shape index (κ1) is 16.0. The maximum Gasteiger partial charge on any atom is 0.112 e. The number of aryl methyl sites for hydroxylation is 1. The SMILES string of the molecule is CCc1cn(CCNC2CCOCC2)c(C2CCNCC2)n1. The molecule has 0 atom stereocenters. The Bertz CT molecular complexity index is 448. The maximum atomic E-state index is 5.42. The molecule has 22 heavy (non-hydrogen) atoms. The van der Waals surface area contributed by atoms with E-state index in [0.29, 0.717) is 12.0 Å². The Morgan fingerprint density at radius 2 is 2.05 bits per heavy atom. The van der Waals surface area contributed by atoms with Crippen molar-refractivity contribution in [3.63, 3.8) is 0 Å². The summed E-state index contributed by atoms with van der Waals surface area (Å²) in [5.74, 6) is 1.94. The highest BCUT2D eigenvalue weighted by molar-refractivity contribution is 5.09. The minimum absolute atomic E-state index is 0.629. The molecule has 0 radical (unpaired) electrons.